The number of nitrogens with zero attached hydrogens (tertiary/aromatic N) is 2. The summed E-state index contributed by atoms with van der Waals surface area (Å²) in [6, 6.07) is 11.3. The number of aliphatic hydroxyl groups is 1. The Kier molecular flexibility index (Phi) is 8.96. The van der Waals surface area contributed by atoms with Crippen molar-refractivity contribution in [2.45, 2.75) is 51.8 Å². The minimum atomic E-state index is -0.798. The molecule has 0 aromatic heterocycles. The molecule has 1 saturated heterocycles. The smallest absolute Gasteiger partial charge is 0.251 e. The summed E-state index contributed by atoms with van der Waals surface area (Å²) in [5.41, 5.74) is 3.88. The third-order valence-electron chi connectivity index (χ3n) is 6.70. The van der Waals surface area contributed by atoms with Crippen molar-refractivity contribution >= 4 is 5.91 Å². The van der Waals surface area contributed by atoms with Gasteiger partial charge in [0.1, 0.15) is 30.0 Å². The number of aliphatic hydroxyl groups excluding tert-OH is 1. The standard InChI is InChI=1S/C27H35N3O5/c1-17-18(2)26(35-16-22(31)8-10-28)7-6-25(17)19(3)30-11-9-21(15-30)29-27(32)20-12-23(33-4)14-24(13-20)34-5/h6-7,12-14,19,21-22,31H,8-9,11,15-16H2,1-5H3,(H,29,32)/t19?,21-,22-/m1/s1. The summed E-state index contributed by atoms with van der Waals surface area (Å²) in [6.45, 7) is 7.99. The zero-order valence-corrected chi connectivity index (χ0v) is 21.1. The molecule has 1 heterocycles. The zero-order valence-electron chi connectivity index (χ0n) is 21.1. The number of amides is 1. The van der Waals surface area contributed by atoms with Gasteiger partial charge in [-0.15, -0.1) is 0 Å². The van der Waals surface area contributed by atoms with Crippen molar-refractivity contribution < 1.29 is 24.1 Å². The topological polar surface area (TPSA) is 104 Å². The lowest BCUT2D eigenvalue weighted by Gasteiger charge is -2.27. The van der Waals surface area contributed by atoms with Crippen LogP contribution in [0.5, 0.6) is 17.2 Å². The molecular weight excluding hydrogens is 446 g/mol. The lowest BCUT2D eigenvalue weighted by atomic mass is 9.97. The number of rotatable bonds is 10. The van der Waals surface area contributed by atoms with Crippen LogP contribution in [-0.4, -0.2) is 62.0 Å². The normalized spacial score (nSPS) is 17.3. The van der Waals surface area contributed by atoms with Crippen LogP contribution in [0.1, 0.15) is 52.9 Å². The highest BCUT2D eigenvalue weighted by atomic mass is 16.5. The summed E-state index contributed by atoms with van der Waals surface area (Å²) in [7, 11) is 3.13. The first kappa shape index (κ1) is 26.3. The molecule has 8 heteroatoms. The Morgan fingerprint density at radius 2 is 1.89 bits per heavy atom. The average Bonchev–Trinajstić information content (AvgIpc) is 3.32. The number of nitriles is 1. The second-order valence-corrected chi connectivity index (χ2v) is 8.96. The Bertz CT molecular complexity index is 1060. The van der Waals surface area contributed by atoms with Crippen molar-refractivity contribution in [3.8, 4) is 23.3 Å². The van der Waals surface area contributed by atoms with Crippen LogP contribution in [-0.2, 0) is 0 Å². The van der Waals surface area contributed by atoms with Crippen molar-refractivity contribution in [1.29, 1.82) is 5.26 Å². The van der Waals surface area contributed by atoms with Crippen LogP contribution in [0.3, 0.4) is 0 Å². The van der Waals surface area contributed by atoms with E-state index in [2.05, 4.69) is 30.1 Å². The Morgan fingerprint density at radius 3 is 2.51 bits per heavy atom. The van der Waals surface area contributed by atoms with E-state index in [1.165, 1.54) is 5.56 Å². The van der Waals surface area contributed by atoms with Crippen LogP contribution in [0.4, 0.5) is 0 Å². The first-order chi connectivity index (χ1) is 16.8. The Balaban J connectivity index is 1.63. The fraction of sp³-hybridized carbons (Fsp3) is 0.481. The molecule has 0 aliphatic carbocycles. The number of hydrogen-bond donors (Lipinski definition) is 2. The van der Waals surface area contributed by atoms with Crippen molar-refractivity contribution in [3.05, 3.63) is 52.6 Å². The number of carbonyl (C=O) groups excluding carboxylic acids is 1. The summed E-state index contributed by atoms with van der Waals surface area (Å²) in [4.78, 5) is 15.3. The van der Waals surface area contributed by atoms with Gasteiger partial charge in [0.15, 0.2) is 0 Å². The molecule has 0 radical (unpaired) electrons. The summed E-state index contributed by atoms with van der Waals surface area (Å²) >= 11 is 0. The van der Waals surface area contributed by atoms with E-state index in [9.17, 15) is 9.90 Å². The molecule has 188 valence electrons. The number of methoxy groups -OCH3 is 2. The molecule has 0 saturated carbocycles. The van der Waals surface area contributed by atoms with Gasteiger partial charge in [-0.1, -0.05) is 6.07 Å². The molecule has 2 aromatic carbocycles. The van der Waals surface area contributed by atoms with Gasteiger partial charge in [0.05, 0.1) is 26.7 Å². The summed E-state index contributed by atoms with van der Waals surface area (Å²) in [5.74, 6) is 1.73. The molecule has 0 spiro atoms. The van der Waals surface area contributed by atoms with Crippen molar-refractivity contribution in [2.75, 3.05) is 33.9 Å². The second kappa shape index (κ2) is 11.9. The minimum Gasteiger partial charge on any atom is -0.497 e. The summed E-state index contributed by atoms with van der Waals surface area (Å²) in [6.07, 6.45) is 0.117. The van der Waals surface area contributed by atoms with Crippen molar-refractivity contribution in [3.63, 3.8) is 0 Å². The average molecular weight is 482 g/mol. The van der Waals surface area contributed by atoms with E-state index >= 15 is 0 Å². The van der Waals surface area contributed by atoms with Gasteiger partial charge in [0, 0.05) is 36.8 Å². The van der Waals surface area contributed by atoms with Gasteiger partial charge in [-0.05, 0) is 62.1 Å². The minimum absolute atomic E-state index is 0.0468. The Hall–Kier alpha value is -3.28. The third-order valence-corrected chi connectivity index (χ3v) is 6.70. The molecule has 1 amide bonds. The molecule has 8 nitrogen and oxygen atoms in total. The SMILES string of the molecule is COc1cc(OC)cc(C(=O)N[C@@H]2CCN(C(C)c3ccc(OC[C@H](O)CC#N)c(C)c3C)C2)c1. The summed E-state index contributed by atoms with van der Waals surface area (Å²) < 4.78 is 16.3. The number of carbonyl (C=O) groups is 1. The van der Waals surface area contributed by atoms with Gasteiger partial charge >= 0.3 is 0 Å². The van der Waals surface area contributed by atoms with Crippen molar-refractivity contribution in [1.82, 2.24) is 10.2 Å². The molecule has 1 fully saturated rings. The number of ether oxygens (including phenoxy) is 3. The van der Waals surface area contributed by atoms with Gasteiger partial charge in [-0.3, -0.25) is 9.69 Å². The zero-order chi connectivity index (χ0) is 25.5. The van der Waals surface area contributed by atoms with Crippen LogP contribution >= 0.6 is 0 Å². The molecule has 0 bridgehead atoms. The van der Waals surface area contributed by atoms with E-state index in [1.807, 2.05) is 19.1 Å². The molecule has 1 unspecified atom stereocenters. The van der Waals surface area contributed by atoms with Crippen LogP contribution in [0.2, 0.25) is 0 Å². The Morgan fingerprint density at radius 1 is 1.20 bits per heavy atom. The van der Waals surface area contributed by atoms with E-state index in [-0.39, 0.29) is 31.0 Å². The fourth-order valence-corrected chi connectivity index (χ4v) is 4.44. The predicted molar refractivity (Wildman–Crippen MR) is 133 cm³/mol. The molecule has 2 aromatic rings. The van der Waals surface area contributed by atoms with E-state index in [0.717, 1.165) is 36.4 Å². The lowest BCUT2D eigenvalue weighted by molar-refractivity contribution is 0.0935. The van der Waals surface area contributed by atoms with Gasteiger partial charge in [0.2, 0.25) is 0 Å². The van der Waals surface area contributed by atoms with Crippen molar-refractivity contribution in [2.24, 2.45) is 0 Å². The van der Waals surface area contributed by atoms with Crippen LogP contribution in [0.25, 0.3) is 0 Å². The largest absolute Gasteiger partial charge is 0.497 e. The van der Waals surface area contributed by atoms with Gasteiger partial charge in [-0.25, -0.2) is 0 Å². The quantitative estimate of drug-likeness (QED) is 0.535. The first-order valence-corrected chi connectivity index (χ1v) is 11.8. The third kappa shape index (κ3) is 6.44. The molecular formula is C27H35N3O5. The number of benzene rings is 2. The van der Waals surface area contributed by atoms with Crippen LogP contribution in [0, 0.1) is 25.2 Å². The van der Waals surface area contributed by atoms with Gasteiger partial charge < -0.3 is 24.6 Å². The highest BCUT2D eigenvalue weighted by Crippen LogP contribution is 2.32. The number of hydrogen-bond acceptors (Lipinski definition) is 7. The Labute approximate surface area is 207 Å². The van der Waals surface area contributed by atoms with E-state index in [1.54, 1.807) is 32.4 Å². The molecule has 1 aliphatic heterocycles. The maximum atomic E-state index is 12.9. The maximum absolute atomic E-state index is 12.9. The summed E-state index contributed by atoms with van der Waals surface area (Å²) in [5, 5.41) is 21.6. The molecule has 1 aliphatic rings. The molecule has 2 N–H and O–H groups in total. The molecule has 3 rings (SSSR count). The molecule has 3 atom stereocenters. The van der Waals surface area contributed by atoms with Gasteiger partial charge in [-0.2, -0.15) is 5.26 Å². The fourth-order valence-electron chi connectivity index (χ4n) is 4.44. The monoisotopic (exact) mass is 481 g/mol. The second-order valence-electron chi connectivity index (χ2n) is 8.96. The van der Waals surface area contributed by atoms with Gasteiger partial charge in [0.25, 0.3) is 5.91 Å². The van der Waals surface area contributed by atoms with Crippen LogP contribution in [0.15, 0.2) is 30.3 Å². The highest BCUT2D eigenvalue weighted by molar-refractivity contribution is 5.95. The highest BCUT2D eigenvalue weighted by Gasteiger charge is 2.29. The number of likely N-dealkylation sites (tertiary alicyclic amines) is 1. The van der Waals surface area contributed by atoms with E-state index in [0.29, 0.717) is 17.1 Å². The predicted octanol–water partition coefficient (Wildman–Crippen LogP) is 3.54. The number of nitrogens with one attached hydrogen (secondary N) is 1. The maximum Gasteiger partial charge on any atom is 0.251 e. The van der Waals surface area contributed by atoms with E-state index < -0.39 is 6.10 Å². The van der Waals surface area contributed by atoms with E-state index in [4.69, 9.17) is 19.5 Å². The first-order valence-electron chi connectivity index (χ1n) is 11.8. The van der Waals surface area contributed by atoms with Crippen LogP contribution < -0.4 is 19.5 Å². The molecule has 35 heavy (non-hydrogen) atoms. The lowest BCUT2D eigenvalue weighted by Crippen LogP contribution is -2.37.